The maximum absolute atomic E-state index is 13.2. The van der Waals surface area contributed by atoms with Crippen molar-refractivity contribution in [2.24, 2.45) is 5.41 Å². The number of alkyl halides is 3. The van der Waals surface area contributed by atoms with E-state index in [1.807, 2.05) is 6.92 Å². The summed E-state index contributed by atoms with van der Waals surface area (Å²) in [5.74, 6) is -1.83. The summed E-state index contributed by atoms with van der Waals surface area (Å²) in [6.45, 7) is 1.87. The lowest BCUT2D eigenvalue weighted by molar-refractivity contribution is -0.143. The zero-order valence-electron chi connectivity index (χ0n) is 13.8. The van der Waals surface area contributed by atoms with E-state index < -0.39 is 28.8 Å². The van der Waals surface area contributed by atoms with E-state index in [0.29, 0.717) is 16.6 Å². The van der Waals surface area contributed by atoms with Crippen LogP contribution in [0.5, 0.6) is 0 Å². The molecule has 1 aromatic carbocycles. The molecular formula is C17H16F3N3O3. The molecule has 3 rings (SSSR count). The highest BCUT2D eigenvalue weighted by Gasteiger charge is 2.41. The average molecular weight is 367 g/mol. The van der Waals surface area contributed by atoms with Gasteiger partial charge in [-0.3, -0.25) is 4.79 Å². The van der Waals surface area contributed by atoms with Gasteiger partial charge in [0.2, 0.25) is 5.91 Å². The molecule has 1 fully saturated rings. The van der Waals surface area contributed by atoms with Crippen LogP contribution in [0.25, 0.3) is 5.69 Å². The second-order valence-corrected chi connectivity index (χ2v) is 6.54. The molecule has 0 spiro atoms. The van der Waals surface area contributed by atoms with Gasteiger partial charge in [0.25, 0.3) is 0 Å². The predicted octanol–water partition coefficient (Wildman–Crippen LogP) is 3.72. The number of benzene rings is 1. The Kier molecular flexibility index (Phi) is 4.25. The summed E-state index contributed by atoms with van der Waals surface area (Å²) in [7, 11) is 0. The van der Waals surface area contributed by atoms with Crippen molar-refractivity contribution in [3.63, 3.8) is 0 Å². The number of rotatable bonds is 4. The van der Waals surface area contributed by atoms with E-state index in [9.17, 15) is 22.8 Å². The molecule has 1 aromatic heterocycles. The summed E-state index contributed by atoms with van der Waals surface area (Å²) in [5.41, 5.74) is -2.19. The number of carboxylic acid groups (broad SMARTS) is 1. The van der Waals surface area contributed by atoms with Crippen LogP contribution < -0.4 is 5.32 Å². The summed E-state index contributed by atoms with van der Waals surface area (Å²) in [4.78, 5) is 23.2. The number of aromatic carboxylic acids is 1. The first-order valence-corrected chi connectivity index (χ1v) is 7.92. The van der Waals surface area contributed by atoms with E-state index in [2.05, 4.69) is 10.4 Å². The molecule has 0 aliphatic heterocycles. The minimum atomic E-state index is -4.88. The number of aromatic nitrogens is 2. The summed E-state index contributed by atoms with van der Waals surface area (Å²) in [5, 5.41) is 15.2. The lowest BCUT2D eigenvalue weighted by Gasteiger charge is -2.36. The SMILES string of the molecule is CC1(C(=O)Nc2ccc(-n3ncc(C(=O)O)c3C(F)(F)F)cc2)CCC1. The fraction of sp³-hybridized carbons (Fsp3) is 0.353. The Labute approximate surface area is 146 Å². The van der Waals surface area contributed by atoms with E-state index in [-0.39, 0.29) is 11.6 Å². The van der Waals surface area contributed by atoms with Crippen LogP contribution in [0.1, 0.15) is 42.2 Å². The monoisotopic (exact) mass is 367 g/mol. The van der Waals surface area contributed by atoms with Gasteiger partial charge in [-0.15, -0.1) is 0 Å². The smallest absolute Gasteiger partial charge is 0.434 e. The van der Waals surface area contributed by atoms with Crippen molar-refractivity contribution in [3.05, 3.63) is 41.7 Å². The number of anilines is 1. The van der Waals surface area contributed by atoms with Gasteiger partial charge >= 0.3 is 12.1 Å². The number of hydrogen-bond donors (Lipinski definition) is 2. The van der Waals surface area contributed by atoms with Crippen molar-refractivity contribution >= 4 is 17.6 Å². The van der Waals surface area contributed by atoms with E-state index in [1.165, 1.54) is 24.3 Å². The van der Waals surface area contributed by atoms with Crippen LogP contribution in [0.4, 0.5) is 18.9 Å². The summed E-state index contributed by atoms with van der Waals surface area (Å²) < 4.78 is 40.2. The molecule has 0 saturated heterocycles. The third kappa shape index (κ3) is 3.16. The molecule has 1 amide bonds. The van der Waals surface area contributed by atoms with E-state index in [0.717, 1.165) is 19.3 Å². The molecule has 0 unspecified atom stereocenters. The molecule has 1 heterocycles. The minimum Gasteiger partial charge on any atom is -0.478 e. The Morgan fingerprint density at radius 1 is 1.23 bits per heavy atom. The highest BCUT2D eigenvalue weighted by molar-refractivity contribution is 5.95. The predicted molar refractivity (Wildman–Crippen MR) is 86.1 cm³/mol. The Morgan fingerprint density at radius 2 is 1.85 bits per heavy atom. The van der Waals surface area contributed by atoms with Crippen LogP contribution in [-0.2, 0) is 11.0 Å². The lowest BCUT2D eigenvalue weighted by atomic mass is 9.70. The fourth-order valence-electron chi connectivity index (χ4n) is 2.88. The van der Waals surface area contributed by atoms with E-state index >= 15 is 0 Å². The molecule has 1 aliphatic rings. The third-order valence-corrected chi connectivity index (χ3v) is 4.64. The Morgan fingerprint density at radius 3 is 2.31 bits per heavy atom. The van der Waals surface area contributed by atoms with Crippen LogP contribution in [0.3, 0.4) is 0 Å². The average Bonchev–Trinajstić information content (AvgIpc) is 2.98. The number of amides is 1. The standard InChI is InChI=1S/C17H16F3N3O3/c1-16(7-2-8-16)15(26)22-10-3-5-11(6-4-10)23-13(17(18,19)20)12(9-21-23)14(24)25/h3-6,9H,2,7-8H2,1H3,(H,22,26)(H,24,25). The molecule has 138 valence electrons. The molecule has 26 heavy (non-hydrogen) atoms. The summed E-state index contributed by atoms with van der Waals surface area (Å²) in [6.07, 6.45) is -1.61. The number of nitrogens with one attached hydrogen (secondary N) is 1. The zero-order valence-corrected chi connectivity index (χ0v) is 13.8. The van der Waals surface area contributed by atoms with Gasteiger partial charge in [-0.25, -0.2) is 9.48 Å². The van der Waals surface area contributed by atoms with Crippen LogP contribution in [0.2, 0.25) is 0 Å². The van der Waals surface area contributed by atoms with Gasteiger partial charge in [-0.1, -0.05) is 13.3 Å². The van der Waals surface area contributed by atoms with Crippen LogP contribution in [0, 0.1) is 5.41 Å². The van der Waals surface area contributed by atoms with Crippen molar-refractivity contribution < 1.29 is 27.9 Å². The van der Waals surface area contributed by atoms with Crippen LogP contribution in [-0.4, -0.2) is 26.8 Å². The van der Waals surface area contributed by atoms with Crippen LogP contribution >= 0.6 is 0 Å². The first-order valence-electron chi connectivity index (χ1n) is 7.92. The molecule has 1 aliphatic carbocycles. The molecule has 0 atom stereocenters. The maximum atomic E-state index is 13.2. The van der Waals surface area contributed by atoms with E-state index in [1.54, 1.807) is 0 Å². The number of hydrogen-bond acceptors (Lipinski definition) is 3. The first-order chi connectivity index (χ1) is 12.1. The zero-order chi connectivity index (χ0) is 19.1. The first kappa shape index (κ1) is 18.0. The summed E-state index contributed by atoms with van der Waals surface area (Å²) in [6, 6.07) is 5.59. The molecule has 9 heteroatoms. The normalized spacial score (nSPS) is 16.0. The fourth-order valence-corrected chi connectivity index (χ4v) is 2.88. The van der Waals surface area contributed by atoms with Gasteiger partial charge in [0.15, 0.2) is 5.69 Å². The van der Waals surface area contributed by atoms with Crippen molar-refractivity contribution in [1.82, 2.24) is 9.78 Å². The van der Waals surface area contributed by atoms with Gasteiger partial charge in [-0.2, -0.15) is 18.3 Å². The number of carbonyl (C=O) groups is 2. The van der Waals surface area contributed by atoms with Gasteiger partial charge < -0.3 is 10.4 Å². The van der Waals surface area contributed by atoms with Crippen LogP contribution in [0.15, 0.2) is 30.5 Å². The number of halogens is 3. The summed E-state index contributed by atoms with van der Waals surface area (Å²) >= 11 is 0. The third-order valence-electron chi connectivity index (χ3n) is 4.64. The second-order valence-electron chi connectivity index (χ2n) is 6.54. The quantitative estimate of drug-likeness (QED) is 0.863. The number of carboxylic acids is 1. The maximum Gasteiger partial charge on any atom is 0.434 e. The topological polar surface area (TPSA) is 84.2 Å². The van der Waals surface area contributed by atoms with Crippen molar-refractivity contribution in [2.75, 3.05) is 5.32 Å². The van der Waals surface area contributed by atoms with Crippen molar-refractivity contribution in [1.29, 1.82) is 0 Å². The molecule has 2 aromatic rings. The minimum absolute atomic E-state index is 0.0395. The largest absolute Gasteiger partial charge is 0.478 e. The number of nitrogens with zero attached hydrogens (tertiary/aromatic N) is 2. The van der Waals surface area contributed by atoms with E-state index in [4.69, 9.17) is 5.11 Å². The van der Waals surface area contributed by atoms with Crippen molar-refractivity contribution in [3.8, 4) is 5.69 Å². The Balaban J connectivity index is 1.87. The Hall–Kier alpha value is -2.84. The van der Waals surface area contributed by atoms with Gasteiger partial charge in [-0.05, 0) is 37.1 Å². The lowest BCUT2D eigenvalue weighted by Crippen LogP contribution is -2.39. The van der Waals surface area contributed by atoms with Crippen molar-refractivity contribution in [2.45, 2.75) is 32.4 Å². The number of carbonyl (C=O) groups excluding carboxylic acids is 1. The molecule has 1 saturated carbocycles. The second kappa shape index (κ2) is 6.15. The van der Waals surface area contributed by atoms with Gasteiger partial charge in [0.05, 0.1) is 11.9 Å². The Bertz CT molecular complexity index is 852. The molecule has 0 radical (unpaired) electrons. The molecule has 6 nitrogen and oxygen atoms in total. The molecule has 0 bridgehead atoms. The van der Waals surface area contributed by atoms with Gasteiger partial charge in [0.1, 0.15) is 5.56 Å². The van der Waals surface area contributed by atoms with Gasteiger partial charge in [0, 0.05) is 11.1 Å². The molecule has 2 N–H and O–H groups in total. The highest BCUT2D eigenvalue weighted by atomic mass is 19.4. The molecular weight excluding hydrogens is 351 g/mol. The highest BCUT2D eigenvalue weighted by Crippen LogP contribution is 2.41.